The summed E-state index contributed by atoms with van der Waals surface area (Å²) in [4.78, 5) is 9.25. The molecule has 0 atom stereocenters. The van der Waals surface area contributed by atoms with E-state index in [0.717, 1.165) is 94.2 Å². The fourth-order valence-electron chi connectivity index (χ4n) is 9.93. The van der Waals surface area contributed by atoms with Crippen molar-refractivity contribution in [3.05, 3.63) is 201 Å². The van der Waals surface area contributed by atoms with Crippen molar-refractivity contribution in [2.45, 2.75) is 69.2 Å². The molecule has 0 spiro atoms. The summed E-state index contributed by atoms with van der Waals surface area (Å²) in [7, 11) is 0. The first kappa shape index (κ1) is 45.3. The fraction of sp³-hybridized carbons (Fsp3) is 0.161. The SMILES string of the molecule is Cc1c[c-]c(-c2cc(C)c(C)cn2)cc1.Cc1cc(C)c(-c2ccc3c(c2)oc2c(-c4cc(-c5[c-]cccc5)ncc4C)c4c(cc23)oc2cc(-c3c(C)cc(C)cc3C)ccc24)c(C)c1.[Ir]. The summed E-state index contributed by atoms with van der Waals surface area (Å²) in [5.74, 6) is 0. The van der Waals surface area contributed by atoms with E-state index >= 15 is 0 Å². The van der Waals surface area contributed by atoms with Crippen LogP contribution < -0.4 is 0 Å². The first-order chi connectivity index (χ1) is 31.8. The second-order valence-electron chi connectivity index (χ2n) is 18.3. The number of fused-ring (bicyclic) bond motifs is 6. The van der Waals surface area contributed by atoms with Crippen LogP contribution in [0.3, 0.4) is 0 Å². The van der Waals surface area contributed by atoms with E-state index in [2.05, 4.69) is 183 Å². The van der Waals surface area contributed by atoms with Crippen molar-refractivity contribution in [2.75, 3.05) is 0 Å². The van der Waals surface area contributed by atoms with Gasteiger partial charge in [-0.05, 0) is 165 Å². The Balaban J connectivity index is 0.000000300. The minimum absolute atomic E-state index is 0. The molecule has 4 aromatic heterocycles. The van der Waals surface area contributed by atoms with Crippen LogP contribution >= 0.6 is 0 Å². The van der Waals surface area contributed by atoms with E-state index in [9.17, 15) is 0 Å². The third-order valence-corrected chi connectivity index (χ3v) is 13.1. The zero-order valence-corrected chi connectivity index (χ0v) is 42.1. The molecule has 4 heterocycles. The van der Waals surface area contributed by atoms with Crippen molar-refractivity contribution in [1.82, 2.24) is 9.97 Å². The Morgan fingerprint density at radius 3 is 1.58 bits per heavy atom. The molecule has 5 heteroatoms. The van der Waals surface area contributed by atoms with Crippen molar-refractivity contribution < 1.29 is 28.9 Å². The number of pyridine rings is 2. The van der Waals surface area contributed by atoms with E-state index in [-0.39, 0.29) is 20.1 Å². The van der Waals surface area contributed by atoms with Crippen LogP contribution in [0.1, 0.15) is 55.6 Å². The third-order valence-electron chi connectivity index (χ3n) is 13.1. The molecule has 0 fully saturated rings. The monoisotopic (exact) mass is 1050 g/mol. The number of hydrogen-bond acceptors (Lipinski definition) is 4. The molecule has 0 bridgehead atoms. The van der Waals surface area contributed by atoms with Gasteiger partial charge in [0.1, 0.15) is 22.3 Å². The van der Waals surface area contributed by atoms with E-state index in [1.54, 1.807) is 0 Å². The topological polar surface area (TPSA) is 52.1 Å². The van der Waals surface area contributed by atoms with Crippen molar-refractivity contribution in [1.29, 1.82) is 0 Å². The second-order valence-corrected chi connectivity index (χ2v) is 18.3. The Morgan fingerprint density at radius 1 is 0.418 bits per heavy atom. The number of aromatic nitrogens is 2. The molecule has 0 N–H and O–H groups in total. The Bertz CT molecular complexity index is 3580. The predicted molar refractivity (Wildman–Crippen MR) is 275 cm³/mol. The number of hydrogen-bond donors (Lipinski definition) is 0. The van der Waals surface area contributed by atoms with Crippen molar-refractivity contribution >= 4 is 43.9 Å². The second kappa shape index (κ2) is 18.1. The van der Waals surface area contributed by atoms with Gasteiger partial charge in [0.25, 0.3) is 0 Å². The minimum atomic E-state index is 0. The molecule has 0 unspecified atom stereocenters. The van der Waals surface area contributed by atoms with Gasteiger partial charge in [0, 0.05) is 59.6 Å². The summed E-state index contributed by atoms with van der Waals surface area (Å²) in [5.41, 5.74) is 26.6. The van der Waals surface area contributed by atoms with E-state index in [4.69, 9.17) is 13.8 Å². The summed E-state index contributed by atoms with van der Waals surface area (Å²) < 4.78 is 13.8. The molecule has 4 nitrogen and oxygen atoms in total. The van der Waals surface area contributed by atoms with Crippen LogP contribution in [0.5, 0.6) is 0 Å². The largest absolute Gasteiger partial charge is 0.456 e. The van der Waals surface area contributed by atoms with Crippen molar-refractivity contribution in [3.8, 4) is 55.9 Å². The summed E-state index contributed by atoms with van der Waals surface area (Å²) in [6, 6.07) is 49.5. The van der Waals surface area contributed by atoms with Crippen LogP contribution in [-0.2, 0) is 20.1 Å². The van der Waals surface area contributed by atoms with Crippen LogP contribution in [0.2, 0.25) is 0 Å². The Kier molecular flexibility index (Phi) is 12.2. The van der Waals surface area contributed by atoms with Crippen LogP contribution in [0.15, 0.2) is 143 Å². The van der Waals surface area contributed by atoms with Gasteiger partial charge in [-0.1, -0.05) is 72.1 Å². The van der Waals surface area contributed by atoms with Crippen molar-refractivity contribution in [2.24, 2.45) is 0 Å². The fourth-order valence-corrected chi connectivity index (χ4v) is 9.93. The van der Waals surface area contributed by atoms with Gasteiger partial charge in [-0.2, -0.15) is 0 Å². The first-order valence-electron chi connectivity index (χ1n) is 22.7. The van der Waals surface area contributed by atoms with Gasteiger partial charge in [-0.3, -0.25) is 0 Å². The van der Waals surface area contributed by atoms with Gasteiger partial charge < -0.3 is 18.8 Å². The Morgan fingerprint density at radius 2 is 1.00 bits per heavy atom. The van der Waals surface area contributed by atoms with Gasteiger partial charge in [-0.25, -0.2) is 0 Å². The van der Waals surface area contributed by atoms with Crippen LogP contribution in [0.4, 0.5) is 0 Å². The molecule has 0 saturated heterocycles. The number of nitrogens with zero attached hydrogens (tertiary/aromatic N) is 2. The maximum absolute atomic E-state index is 7.00. The van der Waals surface area contributed by atoms with Crippen LogP contribution in [0.25, 0.3) is 99.8 Å². The zero-order chi connectivity index (χ0) is 46.0. The summed E-state index contributed by atoms with van der Waals surface area (Å²) in [6.45, 7) is 21.4. The van der Waals surface area contributed by atoms with Gasteiger partial charge in [0.15, 0.2) is 0 Å². The van der Waals surface area contributed by atoms with Gasteiger partial charge >= 0.3 is 0 Å². The number of furan rings is 2. The molecule has 333 valence electrons. The molecule has 67 heavy (non-hydrogen) atoms. The molecular formula is C62H52IrN2O2-2. The quantitative estimate of drug-likeness (QED) is 0.161. The van der Waals surface area contributed by atoms with E-state index < -0.39 is 0 Å². The molecule has 11 aromatic rings. The average molecular weight is 1050 g/mol. The third kappa shape index (κ3) is 8.44. The van der Waals surface area contributed by atoms with Crippen LogP contribution in [0, 0.1) is 81.4 Å². The number of rotatable bonds is 5. The predicted octanol–water partition coefficient (Wildman–Crippen LogP) is 17.0. The maximum atomic E-state index is 7.00. The Labute approximate surface area is 407 Å². The van der Waals surface area contributed by atoms with Gasteiger partial charge in [0.05, 0.1) is 0 Å². The zero-order valence-electron chi connectivity index (χ0n) is 39.7. The minimum Gasteiger partial charge on any atom is -0.456 e. The molecule has 0 amide bonds. The molecule has 0 aliphatic heterocycles. The number of aryl methyl sites for hydroxylation is 10. The average Bonchev–Trinajstić information content (AvgIpc) is 3.84. The molecule has 11 rings (SSSR count). The van der Waals surface area contributed by atoms with Gasteiger partial charge in [0.2, 0.25) is 0 Å². The molecule has 0 saturated carbocycles. The van der Waals surface area contributed by atoms with E-state index in [1.807, 2.05) is 36.7 Å². The molecular weight excluding hydrogens is 997 g/mol. The molecule has 0 aliphatic carbocycles. The van der Waals surface area contributed by atoms with Crippen LogP contribution in [-0.4, -0.2) is 9.97 Å². The van der Waals surface area contributed by atoms with E-state index in [0.29, 0.717) is 0 Å². The Hall–Kier alpha value is -6.91. The van der Waals surface area contributed by atoms with Crippen molar-refractivity contribution in [3.63, 3.8) is 0 Å². The first-order valence-corrected chi connectivity index (χ1v) is 22.7. The molecule has 0 aliphatic rings. The summed E-state index contributed by atoms with van der Waals surface area (Å²) >= 11 is 0. The van der Waals surface area contributed by atoms with Gasteiger partial charge in [-0.15, -0.1) is 71.3 Å². The normalized spacial score (nSPS) is 11.3. The standard InChI is InChI=1S/C48H38NO2.C14H14N.Ir/c1-26-17-28(3)44(29(4)18-26)34-13-15-36-39-24-43-46(37-16-14-35(22-42(37)50-43)45-30(5)19-27(2)20-31(45)6)47(48(39)51-41(36)21-34)38-23-40(49-25-32(38)7)33-11-9-8-10-12-33;1-10-4-6-13(7-5-10)14-8-11(2)12(3)9-15-14;/h8-11,13-25H,1-7H3;4-6,8-9H,1-3H3;/q2*-1;. The summed E-state index contributed by atoms with van der Waals surface area (Å²) in [6.07, 6.45) is 3.88. The van der Waals surface area contributed by atoms with E-state index in [1.165, 1.54) is 61.2 Å². The molecule has 7 aromatic carbocycles. The number of benzene rings is 7. The molecule has 1 radical (unpaired) electrons. The summed E-state index contributed by atoms with van der Waals surface area (Å²) in [5, 5.41) is 4.20. The smallest absolute Gasteiger partial charge is 0.144 e. The maximum Gasteiger partial charge on any atom is 0.144 e.